The number of hydrogen-bond acceptors (Lipinski definition) is 3. The van der Waals surface area contributed by atoms with Gasteiger partial charge in [0.2, 0.25) is 3.79 Å². The second-order valence-corrected chi connectivity index (χ2v) is 5.38. The van der Waals surface area contributed by atoms with Crippen LogP contribution in [0, 0.1) is 11.6 Å². The average Bonchev–Trinajstić information content (AvgIpc) is 2.41. The molecule has 3 nitrogen and oxygen atoms in total. The van der Waals surface area contributed by atoms with Gasteiger partial charge in [0.1, 0.15) is 11.5 Å². The van der Waals surface area contributed by atoms with Gasteiger partial charge in [-0.1, -0.05) is 23.7 Å². The van der Waals surface area contributed by atoms with E-state index >= 15 is 0 Å². The fraction of sp³-hybridized carbons (Fsp3) is 0.0769. The number of nitrogens with two attached hydrogens (primary N) is 1. The topological polar surface area (TPSA) is 56.0 Å². The number of anilines is 1. The van der Waals surface area contributed by atoms with Gasteiger partial charge < -0.3 is 5.73 Å². The van der Waals surface area contributed by atoms with Crippen molar-refractivity contribution in [1.82, 2.24) is 4.98 Å². The lowest BCUT2D eigenvalue weighted by Crippen LogP contribution is -2.08. The zero-order valence-corrected chi connectivity index (χ0v) is 12.9. The van der Waals surface area contributed by atoms with E-state index in [1.807, 2.05) is 0 Å². The summed E-state index contributed by atoms with van der Waals surface area (Å²) in [4.78, 5) is 15.3. The number of nitrogen functional groups attached to an aromatic ring is 1. The van der Waals surface area contributed by atoms with Gasteiger partial charge >= 0.3 is 0 Å². The standard InChI is InChI=1S/C13H8ClF2IN2O/c14-9-11(18)10(16)8(19-12(9)13(17)20)5-6-1-3-7(15)4-2-6/h1-4H,5H2,(H2,18,19). The van der Waals surface area contributed by atoms with Crippen molar-refractivity contribution in [3.05, 3.63) is 57.9 Å². The van der Waals surface area contributed by atoms with Crippen molar-refractivity contribution >= 4 is 43.7 Å². The van der Waals surface area contributed by atoms with Crippen molar-refractivity contribution in [2.24, 2.45) is 0 Å². The summed E-state index contributed by atoms with van der Waals surface area (Å²) in [6.07, 6.45) is 0.0877. The van der Waals surface area contributed by atoms with E-state index in [2.05, 4.69) is 4.98 Å². The van der Waals surface area contributed by atoms with Crippen LogP contribution in [-0.2, 0) is 6.42 Å². The van der Waals surface area contributed by atoms with Crippen LogP contribution in [0.5, 0.6) is 0 Å². The first-order valence-corrected chi connectivity index (χ1v) is 6.93. The summed E-state index contributed by atoms with van der Waals surface area (Å²) < 4.78 is 26.4. The van der Waals surface area contributed by atoms with Crippen LogP contribution in [-0.4, -0.2) is 8.77 Å². The van der Waals surface area contributed by atoms with Crippen LogP contribution in [0.1, 0.15) is 21.7 Å². The molecule has 0 saturated carbocycles. The zero-order chi connectivity index (χ0) is 14.9. The number of halogens is 4. The van der Waals surface area contributed by atoms with E-state index in [-0.39, 0.29) is 34.3 Å². The molecule has 2 rings (SSSR count). The molecule has 0 aliphatic rings. The van der Waals surface area contributed by atoms with E-state index < -0.39 is 9.61 Å². The lowest BCUT2D eigenvalue weighted by Gasteiger charge is -2.09. The number of nitrogens with zero attached hydrogens (tertiary/aromatic N) is 1. The maximum absolute atomic E-state index is 14.0. The van der Waals surface area contributed by atoms with Crippen molar-refractivity contribution in [1.29, 1.82) is 0 Å². The van der Waals surface area contributed by atoms with Crippen LogP contribution in [0.2, 0.25) is 5.02 Å². The largest absolute Gasteiger partial charge is 0.395 e. The van der Waals surface area contributed by atoms with Gasteiger partial charge in [0.15, 0.2) is 5.82 Å². The molecule has 1 heterocycles. The molecule has 2 aromatic rings. The molecular weight excluding hydrogens is 401 g/mol. The SMILES string of the molecule is Nc1c(F)c(Cc2ccc(F)cc2)nc(C(=O)I)c1Cl. The molecule has 0 unspecified atom stereocenters. The summed E-state index contributed by atoms with van der Waals surface area (Å²) >= 11 is 7.29. The summed E-state index contributed by atoms with van der Waals surface area (Å²) in [7, 11) is 0. The lowest BCUT2D eigenvalue weighted by atomic mass is 10.1. The molecule has 0 radical (unpaired) electrons. The molecule has 0 aliphatic heterocycles. The normalized spacial score (nSPS) is 10.6. The number of benzene rings is 1. The second kappa shape index (κ2) is 6.01. The molecule has 1 aromatic carbocycles. The minimum absolute atomic E-state index is 0.00137. The first-order chi connectivity index (χ1) is 9.40. The molecule has 104 valence electrons. The fourth-order valence-corrected chi connectivity index (χ4v) is 2.42. The van der Waals surface area contributed by atoms with E-state index in [4.69, 9.17) is 17.3 Å². The summed E-state index contributed by atoms with van der Waals surface area (Å²) in [5.41, 5.74) is 5.79. The first kappa shape index (κ1) is 15.1. The summed E-state index contributed by atoms with van der Waals surface area (Å²) in [6.45, 7) is 0. The van der Waals surface area contributed by atoms with Crippen molar-refractivity contribution in [2.45, 2.75) is 6.42 Å². The molecule has 0 atom stereocenters. The molecule has 0 aliphatic carbocycles. The van der Waals surface area contributed by atoms with Crippen molar-refractivity contribution in [2.75, 3.05) is 5.73 Å². The number of hydrogen-bond donors (Lipinski definition) is 1. The molecule has 0 fully saturated rings. The smallest absolute Gasteiger partial charge is 0.242 e. The van der Waals surface area contributed by atoms with E-state index in [0.717, 1.165) is 0 Å². The highest BCUT2D eigenvalue weighted by Crippen LogP contribution is 2.29. The number of rotatable bonds is 3. The Balaban J connectivity index is 2.46. The van der Waals surface area contributed by atoms with Crippen LogP contribution >= 0.6 is 34.2 Å². The predicted molar refractivity (Wildman–Crippen MR) is 81.2 cm³/mol. The third-order valence-corrected chi connectivity index (χ3v) is 3.55. The third kappa shape index (κ3) is 3.06. The third-order valence-electron chi connectivity index (χ3n) is 2.65. The summed E-state index contributed by atoms with van der Waals surface area (Å²) in [5.74, 6) is -1.15. The highest BCUT2D eigenvalue weighted by atomic mass is 127. The monoisotopic (exact) mass is 408 g/mol. The molecule has 0 bridgehead atoms. The Morgan fingerprint density at radius 3 is 2.45 bits per heavy atom. The molecule has 0 amide bonds. The highest BCUT2D eigenvalue weighted by Gasteiger charge is 2.20. The Hall–Kier alpha value is -1.28. The molecule has 7 heteroatoms. The van der Waals surface area contributed by atoms with E-state index in [1.54, 1.807) is 0 Å². The molecular formula is C13H8ClF2IN2O. The van der Waals surface area contributed by atoms with E-state index in [9.17, 15) is 13.6 Å². The number of pyridine rings is 1. The van der Waals surface area contributed by atoms with Crippen LogP contribution in [0.3, 0.4) is 0 Å². The van der Waals surface area contributed by atoms with Crippen LogP contribution < -0.4 is 5.73 Å². The van der Waals surface area contributed by atoms with E-state index in [1.165, 1.54) is 46.9 Å². The minimum Gasteiger partial charge on any atom is -0.395 e. The van der Waals surface area contributed by atoms with Gasteiger partial charge in [-0.2, -0.15) is 0 Å². The van der Waals surface area contributed by atoms with Gasteiger partial charge in [-0.3, -0.25) is 4.79 Å². The fourth-order valence-electron chi connectivity index (χ4n) is 1.66. The molecule has 0 spiro atoms. The first-order valence-electron chi connectivity index (χ1n) is 5.47. The Morgan fingerprint density at radius 2 is 1.90 bits per heavy atom. The Morgan fingerprint density at radius 1 is 1.30 bits per heavy atom. The number of aromatic nitrogens is 1. The zero-order valence-electron chi connectivity index (χ0n) is 9.96. The average molecular weight is 409 g/mol. The van der Waals surface area contributed by atoms with Gasteiger partial charge in [0.25, 0.3) is 0 Å². The van der Waals surface area contributed by atoms with Crippen molar-refractivity contribution in [3.63, 3.8) is 0 Å². The quantitative estimate of drug-likeness (QED) is 0.621. The summed E-state index contributed by atoms with van der Waals surface area (Å²) in [5, 5.41) is -0.190. The van der Waals surface area contributed by atoms with Gasteiger partial charge in [0, 0.05) is 29.0 Å². The maximum Gasteiger partial charge on any atom is 0.242 e. The van der Waals surface area contributed by atoms with Gasteiger partial charge in [-0.05, 0) is 17.7 Å². The Bertz CT molecular complexity index is 677. The molecule has 0 saturated heterocycles. The molecule has 1 aromatic heterocycles. The maximum atomic E-state index is 14.0. The van der Waals surface area contributed by atoms with Crippen molar-refractivity contribution < 1.29 is 13.6 Å². The number of carbonyl (C=O) groups excluding carboxylic acids is 1. The van der Waals surface area contributed by atoms with Gasteiger partial charge in [0.05, 0.1) is 16.4 Å². The second-order valence-electron chi connectivity index (χ2n) is 4.03. The minimum atomic E-state index is -0.763. The molecule has 2 N–H and O–H groups in total. The Labute approximate surface area is 132 Å². The van der Waals surface area contributed by atoms with Crippen molar-refractivity contribution in [3.8, 4) is 0 Å². The van der Waals surface area contributed by atoms with Crippen LogP contribution in [0.4, 0.5) is 14.5 Å². The molecule has 20 heavy (non-hydrogen) atoms. The van der Waals surface area contributed by atoms with Gasteiger partial charge in [-0.25, -0.2) is 13.8 Å². The van der Waals surface area contributed by atoms with Crippen LogP contribution in [0.15, 0.2) is 24.3 Å². The van der Waals surface area contributed by atoms with Crippen LogP contribution in [0.25, 0.3) is 0 Å². The number of carbonyl (C=O) groups is 1. The lowest BCUT2D eigenvalue weighted by molar-refractivity contribution is 0.110. The Kier molecular flexibility index (Phi) is 4.54. The van der Waals surface area contributed by atoms with Gasteiger partial charge in [-0.15, -0.1) is 0 Å². The van der Waals surface area contributed by atoms with E-state index in [0.29, 0.717) is 5.56 Å². The summed E-state index contributed by atoms with van der Waals surface area (Å²) in [6, 6.07) is 5.54. The highest BCUT2D eigenvalue weighted by molar-refractivity contribution is 14.1. The predicted octanol–water partition coefficient (Wildman–Crippen LogP) is 3.76.